The highest BCUT2D eigenvalue weighted by Gasteiger charge is 2.17. The summed E-state index contributed by atoms with van der Waals surface area (Å²) < 4.78 is 29.9. The number of anilines is 1. The van der Waals surface area contributed by atoms with Gasteiger partial charge in [0, 0.05) is 12.2 Å². The zero-order chi connectivity index (χ0) is 26.1. The Balaban J connectivity index is 1.68. The summed E-state index contributed by atoms with van der Waals surface area (Å²) in [4.78, 5) is 36.5. The number of methoxy groups -OCH3 is 2. The standard InChI is InChI=1S/C24H23FN4O6S/c1-4-9-29-20(13-35-19-7-5-17(25)6-8-19)27-28-24(29)36-14-21(30)26-18-11-15(22(31)33-2)10-16(12-18)23(32)34-3/h4-8,10-12H,1,9,13-14H2,2-3H3,(H,26,30). The molecule has 1 N–H and O–H groups in total. The second kappa shape index (κ2) is 12.5. The van der Waals surface area contributed by atoms with E-state index in [-0.39, 0.29) is 35.0 Å². The lowest BCUT2D eigenvalue weighted by Crippen LogP contribution is -2.16. The van der Waals surface area contributed by atoms with Gasteiger partial charge >= 0.3 is 11.9 Å². The molecule has 0 aliphatic carbocycles. The van der Waals surface area contributed by atoms with Crippen LogP contribution in [0.2, 0.25) is 0 Å². The van der Waals surface area contributed by atoms with Crippen molar-refractivity contribution in [3.8, 4) is 5.75 Å². The fourth-order valence-corrected chi connectivity index (χ4v) is 3.79. The molecule has 3 rings (SSSR count). The number of hydrogen-bond donors (Lipinski definition) is 1. The zero-order valence-corrected chi connectivity index (χ0v) is 20.3. The Hall–Kier alpha value is -4.19. The van der Waals surface area contributed by atoms with Crippen molar-refractivity contribution in [2.75, 3.05) is 25.3 Å². The number of hydrogen-bond acceptors (Lipinski definition) is 9. The van der Waals surface area contributed by atoms with E-state index < -0.39 is 17.8 Å². The normalized spacial score (nSPS) is 10.4. The highest BCUT2D eigenvalue weighted by atomic mass is 32.2. The molecule has 188 valence electrons. The number of esters is 2. The first-order valence-electron chi connectivity index (χ1n) is 10.5. The smallest absolute Gasteiger partial charge is 0.337 e. The third kappa shape index (κ3) is 6.92. The molecule has 12 heteroatoms. The molecule has 2 aromatic carbocycles. The van der Waals surface area contributed by atoms with E-state index in [9.17, 15) is 18.8 Å². The van der Waals surface area contributed by atoms with Crippen LogP contribution < -0.4 is 10.1 Å². The Morgan fingerprint density at radius 3 is 2.28 bits per heavy atom. The highest BCUT2D eigenvalue weighted by Crippen LogP contribution is 2.21. The Labute approximate surface area is 210 Å². The molecule has 0 atom stereocenters. The van der Waals surface area contributed by atoms with Crippen molar-refractivity contribution in [2.45, 2.75) is 18.3 Å². The summed E-state index contributed by atoms with van der Waals surface area (Å²) in [5.74, 6) is -1.18. The van der Waals surface area contributed by atoms with Gasteiger partial charge in [-0.25, -0.2) is 14.0 Å². The van der Waals surface area contributed by atoms with Crippen LogP contribution in [0.1, 0.15) is 26.5 Å². The number of nitrogens with zero attached hydrogens (tertiary/aromatic N) is 3. The molecule has 0 saturated carbocycles. The lowest BCUT2D eigenvalue weighted by molar-refractivity contribution is -0.113. The molecule has 0 aliphatic heterocycles. The van der Waals surface area contributed by atoms with Crippen molar-refractivity contribution in [3.63, 3.8) is 0 Å². The van der Waals surface area contributed by atoms with Crippen LogP contribution in [0.25, 0.3) is 0 Å². The largest absolute Gasteiger partial charge is 0.486 e. The number of benzene rings is 2. The molecule has 0 aliphatic rings. The minimum Gasteiger partial charge on any atom is -0.486 e. The molecule has 0 spiro atoms. The van der Waals surface area contributed by atoms with Crippen LogP contribution in [-0.4, -0.2) is 52.6 Å². The molecule has 1 aromatic heterocycles. The summed E-state index contributed by atoms with van der Waals surface area (Å²) in [7, 11) is 2.42. The zero-order valence-electron chi connectivity index (χ0n) is 19.5. The van der Waals surface area contributed by atoms with Crippen LogP contribution in [0.15, 0.2) is 60.3 Å². The molecule has 1 heterocycles. The van der Waals surface area contributed by atoms with Gasteiger partial charge in [-0.2, -0.15) is 0 Å². The van der Waals surface area contributed by atoms with Crippen LogP contribution in [0.4, 0.5) is 10.1 Å². The number of aromatic nitrogens is 3. The summed E-state index contributed by atoms with van der Waals surface area (Å²) in [6.07, 6.45) is 1.65. The maximum Gasteiger partial charge on any atom is 0.337 e. The molecular weight excluding hydrogens is 491 g/mol. The van der Waals surface area contributed by atoms with Crippen LogP contribution in [0.3, 0.4) is 0 Å². The number of amides is 1. The molecule has 0 radical (unpaired) electrons. The van der Waals surface area contributed by atoms with Gasteiger partial charge in [-0.1, -0.05) is 17.8 Å². The first-order valence-corrected chi connectivity index (χ1v) is 11.5. The Kier molecular flexibility index (Phi) is 9.17. The second-order valence-electron chi connectivity index (χ2n) is 7.16. The van der Waals surface area contributed by atoms with Crippen LogP contribution >= 0.6 is 11.8 Å². The number of carbonyl (C=O) groups excluding carboxylic acids is 3. The molecule has 0 saturated heterocycles. The molecule has 1 amide bonds. The Morgan fingerprint density at radius 2 is 1.69 bits per heavy atom. The summed E-state index contributed by atoms with van der Waals surface area (Å²) in [6, 6.07) is 9.69. The van der Waals surface area contributed by atoms with E-state index in [1.165, 1.54) is 56.7 Å². The summed E-state index contributed by atoms with van der Waals surface area (Å²) >= 11 is 1.13. The summed E-state index contributed by atoms with van der Waals surface area (Å²) in [6.45, 7) is 4.19. The summed E-state index contributed by atoms with van der Waals surface area (Å²) in [5, 5.41) is 11.4. The van der Waals surface area contributed by atoms with E-state index in [0.29, 0.717) is 23.3 Å². The van der Waals surface area contributed by atoms with Crippen LogP contribution in [0.5, 0.6) is 5.75 Å². The molecule has 36 heavy (non-hydrogen) atoms. The fourth-order valence-electron chi connectivity index (χ4n) is 3.02. The molecule has 0 bridgehead atoms. The molecule has 3 aromatic rings. The van der Waals surface area contributed by atoms with Gasteiger partial charge in [0.15, 0.2) is 11.0 Å². The van der Waals surface area contributed by atoms with Crippen molar-refractivity contribution in [3.05, 3.63) is 77.9 Å². The minimum atomic E-state index is -0.668. The van der Waals surface area contributed by atoms with E-state index >= 15 is 0 Å². The van der Waals surface area contributed by atoms with Gasteiger partial charge in [-0.15, -0.1) is 16.8 Å². The van der Waals surface area contributed by atoms with E-state index in [0.717, 1.165) is 11.8 Å². The quantitative estimate of drug-likeness (QED) is 0.233. The van der Waals surface area contributed by atoms with Gasteiger partial charge in [-0.05, 0) is 42.5 Å². The number of rotatable bonds is 11. The number of carbonyl (C=O) groups is 3. The van der Waals surface area contributed by atoms with Gasteiger partial charge in [0.25, 0.3) is 0 Å². The van der Waals surface area contributed by atoms with Gasteiger partial charge in [0.1, 0.15) is 18.2 Å². The number of ether oxygens (including phenoxy) is 3. The molecule has 10 nitrogen and oxygen atoms in total. The summed E-state index contributed by atoms with van der Waals surface area (Å²) in [5.41, 5.74) is 0.393. The van der Waals surface area contributed by atoms with Crippen molar-refractivity contribution >= 4 is 35.3 Å². The predicted molar refractivity (Wildman–Crippen MR) is 129 cm³/mol. The maximum absolute atomic E-state index is 13.1. The van der Waals surface area contributed by atoms with Gasteiger partial charge in [-0.3, -0.25) is 9.36 Å². The molecule has 0 fully saturated rings. The first kappa shape index (κ1) is 26.4. The Bertz CT molecular complexity index is 1230. The van der Waals surface area contributed by atoms with Crippen LogP contribution in [-0.2, 0) is 27.4 Å². The first-order chi connectivity index (χ1) is 17.3. The van der Waals surface area contributed by atoms with Crippen molar-refractivity contribution in [2.24, 2.45) is 0 Å². The van der Waals surface area contributed by atoms with Crippen molar-refractivity contribution in [1.29, 1.82) is 0 Å². The van der Waals surface area contributed by atoms with Crippen molar-refractivity contribution < 1.29 is 33.0 Å². The number of thioether (sulfide) groups is 1. The third-order valence-electron chi connectivity index (χ3n) is 4.68. The molecule has 0 unspecified atom stereocenters. The predicted octanol–water partition coefficient (Wildman–Crippen LogP) is 3.49. The number of nitrogens with one attached hydrogen (secondary N) is 1. The van der Waals surface area contributed by atoms with Gasteiger partial charge in [0.2, 0.25) is 5.91 Å². The Morgan fingerprint density at radius 1 is 1.06 bits per heavy atom. The van der Waals surface area contributed by atoms with Crippen LogP contribution in [0, 0.1) is 5.82 Å². The number of halogens is 1. The topological polar surface area (TPSA) is 122 Å². The number of allylic oxidation sites excluding steroid dienone is 1. The van der Waals surface area contributed by atoms with E-state index in [1.54, 1.807) is 10.6 Å². The van der Waals surface area contributed by atoms with Gasteiger partial charge < -0.3 is 19.5 Å². The average molecular weight is 515 g/mol. The van der Waals surface area contributed by atoms with E-state index in [1.807, 2.05) is 0 Å². The lowest BCUT2D eigenvalue weighted by atomic mass is 10.1. The highest BCUT2D eigenvalue weighted by molar-refractivity contribution is 7.99. The monoisotopic (exact) mass is 514 g/mol. The van der Waals surface area contributed by atoms with Crippen molar-refractivity contribution in [1.82, 2.24) is 14.8 Å². The minimum absolute atomic E-state index is 0.0376. The van der Waals surface area contributed by atoms with E-state index in [2.05, 4.69) is 22.1 Å². The average Bonchev–Trinajstić information content (AvgIpc) is 3.27. The molecular formula is C24H23FN4O6S. The second-order valence-corrected chi connectivity index (χ2v) is 8.10. The SMILES string of the molecule is C=CCn1c(COc2ccc(F)cc2)nnc1SCC(=O)Nc1cc(C(=O)OC)cc(C(=O)OC)c1. The van der Waals surface area contributed by atoms with E-state index in [4.69, 9.17) is 14.2 Å². The van der Waals surface area contributed by atoms with Gasteiger partial charge in [0.05, 0.1) is 31.1 Å². The third-order valence-corrected chi connectivity index (χ3v) is 5.64. The maximum atomic E-state index is 13.1. The lowest BCUT2D eigenvalue weighted by Gasteiger charge is -2.10. The fraction of sp³-hybridized carbons (Fsp3) is 0.208.